The zero-order chi connectivity index (χ0) is 23.0. The number of nitrogens with zero attached hydrogens (tertiary/aromatic N) is 2. The van der Waals surface area contributed by atoms with E-state index in [0.717, 1.165) is 56.4 Å². The molecule has 4 atom stereocenters. The van der Waals surface area contributed by atoms with E-state index in [1.54, 1.807) is 6.07 Å². The van der Waals surface area contributed by atoms with Crippen molar-refractivity contribution < 1.29 is 14.0 Å². The summed E-state index contributed by atoms with van der Waals surface area (Å²) < 4.78 is 14.2. The Morgan fingerprint density at radius 3 is 2.75 bits per heavy atom. The highest BCUT2D eigenvalue weighted by Crippen LogP contribution is 2.32. The van der Waals surface area contributed by atoms with Gasteiger partial charge in [-0.15, -0.1) is 0 Å². The predicted octanol–water partition coefficient (Wildman–Crippen LogP) is 3.09. The minimum Gasteiger partial charge on any atom is -0.373 e. The quantitative estimate of drug-likeness (QED) is 0.733. The average molecular weight is 445 g/mol. The minimum atomic E-state index is -0.409. The lowest BCUT2D eigenvalue weighted by Gasteiger charge is -2.36. The summed E-state index contributed by atoms with van der Waals surface area (Å²) in [5, 5.41) is 6.48. The van der Waals surface area contributed by atoms with Crippen molar-refractivity contribution in [1.29, 1.82) is 0 Å². The first-order valence-electron chi connectivity index (χ1n) is 12.1. The minimum absolute atomic E-state index is 0.0240. The van der Waals surface area contributed by atoms with E-state index in [-0.39, 0.29) is 35.6 Å². The van der Waals surface area contributed by atoms with Gasteiger partial charge in [-0.05, 0) is 50.7 Å². The molecular formula is C25H37FN4O2. The Hall–Kier alpha value is -2.15. The number of carbonyl (C=O) groups excluding carboxylic acids is 2. The molecule has 0 spiro atoms. The zero-order valence-electron chi connectivity index (χ0n) is 19.8. The second kappa shape index (κ2) is 9.38. The maximum atomic E-state index is 14.2. The van der Waals surface area contributed by atoms with Gasteiger partial charge in [-0.1, -0.05) is 19.9 Å². The van der Waals surface area contributed by atoms with Crippen LogP contribution in [0.15, 0.2) is 12.1 Å². The van der Waals surface area contributed by atoms with Crippen LogP contribution in [0.5, 0.6) is 0 Å². The van der Waals surface area contributed by atoms with Crippen molar-refractivity contribution in [3.8, 4) is 0 Å². The molecule has 6 nitrogen and oxygen atoms in total. The molecule has 0 aromatic heterocycles. The van der Waals surface area contributed by atoms with Crippen LogP contribution in [0.4, 0.5) is 10.1 Å². The molecule has 32 heavy (non-hydrogen) atoms. The number of amides is 2. The van der Waals surface area contributed by atoms with Gasteiger partial charge in [-0.3, -0.25) is 14.5 Å². The summed E-state index contributed by atoms with van der Waals surface area (Å²) in [6, 6.07) is 3.69. The number of hydrogen-bond acceptors (Lipinski definition) is 4. The standard InChI is InChI=1S/C25H37FN4O2/c1-15(2)25(32)29(4)19-10-11-30(14-19)18-7-5-6-17(12-18)27-24(31)22-13-20-21(26)9-8-16(3)23(20)28-22/h8-9,15,17-19,22,28H,5-7,10-14H2,1-4H3,(H,27,31)/t17-,18+,19?,22?/m1/s1. The smallest absolute Gasteiger partial charge is 0.243 e. The molecule has 2 amide bonds. The van der Waals surface area contributed by atoms with Crippen LogP contribution in [0.25, 0.3) is 0 Å². The van der Waals surface area contributed by atoms with Crippen LogP contribution in [-0.2, 0) is 16.0 Å². The van der Waals surface area contributed by atoms with Crippen LogP contribution in [0.2, 0.25) is 0 Å². The Morgan fingerprint density at radius 1 is 1.25 bits per heavy atom. The van der Waals surface area contributed by atoms with E-state index in [2.05, 4.69) is 15.5 Å². The van der Waals surface area contributed by atoms with E-state index in [9.17, 15) is 14.0 Å². The highest BCUT2D eigenvalue weighted by atomic mass is 19.1. The normalized spacial score (nSPS) is 27.8. The first-order chi connectivity index (χ1) is 15.2. The van der Waals surface area contributed by atoms with Crippen molar-refractivity contribution in [2.45, 2.75) is 83.5 Å². The predicted molar refractivity (Wildman–Crippen MR) is 124 cm³/mol. The Bertz CT molecular complexity index is 843. The Morgan fingerprint density at radius 2 is 2.03 bits per heavy atom. The molecule has 176 valence electrons. The second-order valence-electron chi connectivity index (χ2n) is 10.2. The zero-order valence-corrected chi connectivity index (χ0v) is 19.8. The lowest BCUT2D eigenvalue weighted by Crippen LogP contribution is -2.49. The molecular weight excluding hydrogens is 407 g/mol. The van der Waals surface area contributed by atoms with Crippen molar-refractivity contribution in [1.82, 2.24) is 15.1 Å². The first kappa shape index (κ1) is 23.0. The fraction of sp³-hybridized carbons (Fsp3) is 0.680. The molecule has 2 aliphatic heterocycles. The molecule has 1 saturated heterocycles. The van der Waals surface area contributed by atoms with E-state index in [0.29, 0.717) is 18.0 Å². The highest BCUT2D eigenvalue weighted by molar-refractivity contribution is 5.88. The van der Waals surface area contributed by atoms with E-state index < -0.39 is 6.04 Å². The molecule has 2 N–H and O–H groups in total. The van der Waals surface area contributed by atoms with Crippen LogP contribution >= 0.6 is 0 Å². The molecule has 3 aliphatic rings. The lowest BCUT2D eigenvalue weighted by atomic mass is 9.89. The molecule has 2 heterocycles. The largest absolute Gasteiger partial charge is 0.373 e. The Balaban J connectivity index is 1.30. The maximum absolute atomic E-state index is 14.2. The molecule has 1 aromatic rings. The average Bonchev–Trinajstić information content (AvgIpc) is 3.44. The summed E-state index contributed by atoms with van der Waals surface area (Å²) >= 11 is 0. The molecule has 0 radical (unpaired) electrons. The van der Waals surface area contributed by atoms with Gasteiger partial charge in [0, 0.05) is 61.9 Å². The van der Waals surface area contributed by atoms with Crippen LogP contribution < -0.4 is 10.6 Å². The molecule has 4 rings (SSSR count). The van der Waals surface area contributed by atoms with Crippen LogP contribution in [0, 0.1) is 18.7 Å². The van der Waals surface area contributed by atoms with E-state index in [1.807, 2.05) is 32.7 Å². The van der Waals surface area contributed by atoms with Gasteiger partial charge in [0.15, 0.2) is 0 Å². The van der Waals surface area contributed by atoms with E-state index >= 15 is 0 Å². The first-order valence-corrected chi connectivity index (χ1v) is 12.1. The highest BCUT2D eigenvalue weighted by Gasteiger charge is 2.36. The molecule has 2 fully saturated rings. The summed E-state index contributed by atoms with van der Waals surface area (Å²) in [5.41, 5.74) is 2.36. The number of benzene rings is 1. The van der Waals surface area contributed by atoms with Crippen LogP contribution in [-0.4, -0.2) is 65.9 Å². The molecule has 7 heteroatoms. The molecule has 1 aromatic carbocycles. The lowest BCUT2D eigenvalue weighted by molar-refractivity contribution is -0.135. The number of aryl methyl sites for hydroxylation is 1. The number of likely N-dealkylation sites (N-methyl/N-ethyl adjacent to an activating group) is 1. The third-order valence-corrected chi connectivity index (χ3v) is 7.60. The number of likely N-dealkylation sites (tertiary alicyclic amines) is 1. The van der Waals surface area contributed by atoms with Gasteiger partial charge in [0.1, 0.15) is 11.9 Å². The topological polar surface area (TPSA) is 64.7 Å². The Labute approximate surface area is 190 Å². The van der Waals surface area contributed by atoms with Gasteiger partial charge in [0.05, 0.1) is 0 Å². The Kier molecular flexibility index (Phi) is 6.75. The van der Waals surface area contributed by atoms with Crippen LogP contribution in [0.1, 0.15) is 57.1 Å². The van der Waals surface area contributed by atoms with Gasteiger partial charge in [0.2, 0.25) is 11.8 Å². The molecule has 0 bridgehead atoms. The third-order valence-electron chi connectivity index (χ3n) is 7.60. The van der Waals surface area contributed by atoms with E-state index in [4.69, 9.17) is 0 Å². The fourth-order valence-electron chi connectivity index (χ4n) is 5.66. The molecule has 2 unspecified atom stereocenters. The van der Waals surface area contributed by atoms with Crippen molar-refractivity contribution in [2.75, 3.05) is 25.5 Å². The van der Waals surface area contributed by atoms with Crippen molar-refractivity contribution in [3.63, 3.8) is 0 Å². The summed E-state index contributed by atoms with van der Waals surface area (Å²) in [6.07, 6.45) is 5.56. The summed E-state index contributed by atoms with van der Waals surface area (Å²) in [6.45, 7) is 7.76. The van der Waals surface area contributed by atoms with Gasteiger partial charge in [-0.2, -0.15) is 0 Å². The van der Waals surface area contributed by atoms with Crippen molar-refractivity contribution >= 4 is 17.5 Å². The number of halogens is 1. The molecule has 1 saturated carbocycles. The fourth-order valence-corrected chi connectivity index (χ4v) is 5.66. The monoisotopic (exact) mass is 444 g/mol. The summed E-state index contributed by atoms with van der Waals surface area (Å²) in [7, 11) is 1.93. The molecule has 1 aliphatic carbocycles. The summed E-state index contributed by atoms with van der Waals surface area (Å²) in [5.74, 6) is -0.0406. The maximum Gasteiger partial charge on any atom is 0.243 e. The van der Waals surface area contributed by atoms with Gasteiger partial charge >= 0.3 is 0 Å². The van der Waals surface area contributed by atoms with E-state index in [1.165, 1.54) is 6.07 Å². The van der Waals surface area contributed by atoms with Crippen LogP contribution in [0.3, 0.4) is 0 Å². The van der Waals surface area contributed by atoms with Crippen molar-refractivity contribution in [3.05, 3.63) is 29.1 Å². The van der Waals surface area contributed by atoms with Gasteiger partial charge in [0.25, 0.3) is 0 Å². The number of fused-ring (bicyclic) bond motifs is 1. The SMILES string of the molecule is Cc1ccc(F)c2c1NC(C(=O)N[C@@H]1CCC[C@H](N3CCC(N(C)C(=O)C(C)C)C3)C1)C2. The number of nitrogens with one attached hydrogen (secondary N) is 2. The van der Waals surface area contributed by atoms with Gasteiger partial charge < -0.3 is 15.5 Å². The number of rotatable bonds is 5. The third kappa shape index (κ3) is 4.63. The summed E-state index contributed by atoms with van der Waals surface area (Å²) in [4.78, 5) is 29.8. The second-order valence-corrected chi connectivity index (χ2v) is 10.2. The number of anilines is 1. The number of carbonyl (C=O) groups is 2. The van der Waals surface area contributed by atoms with Crippen molar-refractivity contribution in [2.24, 2.45) is 5.92 Å². The van der Waals surface area contributed by atoms with Gasteiger partial charge in [-0.25, -0.2) is 4.39 Å². The number of hydrogen-bond donors (Lipinski definition) is 2.